The van der Waals surface area contributed by atoms with Crippen LogP contribution in [-0.2, 0) is 14.3 Å². The molecule has 5 aliphatic rings. The van der Waals surface area contributed by atoms with Crippen molar-refractivity contribution in [2.24, 2.45) is 23.2 Å². The number of carbonyl (C=O) groups is 1. The number of carbonyl (C=O) groups excluding carboxylic acids is 1. The molecule has 1 aliphatic heterocycles. The van der Waals surface area contributed by atoms with E-state index in [2.05, 4.69) is 5.32 Å². The molecule has 0 radical (unpaired) electrons. The molecule has 140 valence electrons. The Labute approximate surface area is 154 Å². The maximum absolute atomic E-state index is 13.2. The first-order valence-corrected chi connectivity index (χ1v) is 9.99. The molecule has 2 N–H and O–H groups in total. The zero-order valence-corrected chi connectivity index (χ0v) is 15.1. The topological polar surface area (TPSA) is 67.8 Å². The van der Waals surface area contributed by atoms with E-state index in [9.17, 15) is 9.90 Å². The van der Waals surface area contributed by atoms with E-state index in [0.29, 0.717) is 18.9 Å². The first-order valence-electron chi connectivity index (χ1n) is 9.99. The molecule has 5 heteroatoms. The number of benzene rings is 1. The molecule has 0 atom stereocenters. The molecule has 1 saturated heterocycles. The van der Waals surface area contributed by atoms with E-state index in [1.807, 2.05) is 0 Å². The SMILES string of the molecule is O=C(Nc1cc(C2OCCCO2)ccc1O)C12CC3CC(CC(C3)C1)C2. The summed E-state index contributed by atoms with van der Waals surface area (Å²) in [6.07, 6.45) is 7.45. The van der Waals surface area contributed by atoms with Gasteiger partial charge in [0.1, 0.15) is 5.75 Å². The van der Waals surface area contributed by atoms with E-state index in [0.717, 1.165) is 49.0 Å². The molecule has 4 bridgehead atoms. The fourth-order valence-electron chi connectivity index (χ4n) is 6.12. The van der Waals surface area contributed by atoms with Gasteiger partial charge in [0.15, 0.2) is 6.29 Å². The second kappa shape index (κ2) is 6.24. The Morgan fingerprint density at radius 2 is 1.65 bits per heavy atom. The molecule has 1 heterocycles. The van der Waals surface area contributed by atoms with Crippen LogP contribution in [-0.4, -0.2) is 24.2 Å². The van der Waals surface area contributed by atoms with Gasteiger partial charge in [0.25, 0.3) is 0 Å². The van der Waals surface area contributed by atoms with Gasteiger partial charge in [0, 0.05) is 5.56 Å². The van der Waals surface area contributed by atoms with Crippen molar-refractivity contribution in [3.05, 3.63) is 23.8 Å². The number of aromatic hydroxyl groups is 1. The van der Waals surface area contributed by atoms with E-state index in [1.165, 1.54) is 19.3 Å². The van der Waals surface area contributed by atoms with Crippen LogP contribution in [0.4, 0.5) is 5.69 Å². The third-order valence-electron chi connectivity index (χ3n) is 6.89. The van der Waals surface area contributed by atoms with Crippen LogP contribution in [0, 0.1) is 23.2 Å². The van der Waals surface area contributed by atoms with Gasteiger partial charge in [-0.25, -0.2) is 0 Å². The molecule has 0 unspecified atom stereocenters. The van der Waals surface area contributed by atoms with E-state index >= 15 is 0 Å². The number of rotatable bonds is 3. The summed E-state index contributed by atoms with van der Waals surface area (Å²) in [4.78, 5) is 13.2. The highest BCUT2D eigenvalue weighted by Gasteiger charge is 2.54. The molecule has 5 nitrogen and oxygen atoms in total. The maximum Gasteiger partial charge on any atom is 0.230 e. The van der Waals surface area contributed by atoms with Crippen LogP contribution in [0.5, 0.6) is 5.75 Å². The summed E-state index contributed by atoms with van der Waals surface area (Å²) in [5, 5.41) is 13.3. The second-order valence-electron chi connectivity index (χ2n) is 8.86. The lowest BCUT2D eigenvalue weighted by Gasteiger charge is -2.55. The van der Waals surface area contributed by atoms with Gasteiger partial charge in [-0.15, -0.1) is 0 Å². The monoisotopic (exact) mass is 357 g/mol. The van der Waals surface area contributed by atoms with Crippen molar-refractivity contribution >= 4 is 11.6 Å². The molecule has 0 spiro atoms. The van der Waals surface area contributed by atoms with Crippen LogP contribution in [0.3, 0.4) is 0 Å². The number of hydrogen-bond acceptors (Lipinski definition) is 4. The summed E-state index contributed by atoms with van der Waals surface area (Å²) in [6.45, 7) is 1.33. The van der Waals surface area contributed by atoms with Gasteiger partial charge < -0.3 is 19.9 Å². The number of ether oxygens (including phenoxy) is 2. The molecule has 4 saturated carbocycles. The van der Waals surface area contributed by atoms with Crippen molar-refractivity contribution in [3.8, 4) is 5.75 Å². The first-order chi connectivity index (χ1) is 12.6. The molecule has 6 rings (SSSR count). The normalized spacial score (nSPS) is 36.2. The number of amides is 1. The van der Waals surface area contributed by atoms with Crippen molar-refractivity contribution in [1.29, 1.82) is 0 Å². The van der Waals surface area contributed by atoms with Crippen LogP contribution >= 0.6 is 0 Å². The van der Waals surface area contributed by atoms with Crippen molar-refractivity contribution in [2.75, 3.05) is 18.5 Å². The molecular weight excluding hydrogens is 330 g/mol. The quantitative estimate of drug-likeness (QED) is 0.803. The van der Waals surface area contributed by atoms with Crippen LogP contribution in [0.1, 0.15) is 56.8 Å². The lowest BCUT2D eigenvalue weighted by atomic mass is 9.49. The lowest BCUT2D eigenvalue weighted by Crippen LogP contribution is -2.51. The van der Waals surface area contributed by atoms with Gasteiger partial charge in [0.05, 0.1) is 24.3 Å². The molecule has 5 fully saturated rings. The van der Waals surface area contributed by atoms with Crippen molar-refractivity contribution in [3.63, 3.8) is 0 Å². The van der Waals surface area contributed by atoms with E-state index in [-0.39, 0.29) is 17.1 Å². The minimum Gasteiger partial charge on any atom is -0.506 e. The Hall–Kier alpha value is -1.59. The fraction of sp³-hybridized carbons (Fsp3) is 0.667. The van der Waals surface area contributed by atoms with Crippen LogP contribution in [0.25, 0.3) is 0 Å². The summed E-state index contributed by atoms with van der Waals surface area (Å²) in [5.74, 6) is 2.35. The minimum absolute atomic E-state index is 0.0922. The highest BCUT2D eigenvalue weighted by Crippen LogP contribution is 2.60. The van der Waals surface area contributed by atoms with Crippen molar-refractivity contribution < 1.29 is 19.4 Å². The van der Waals surface area contributed by atoms with Crippen molar-refractivity contribution in [1.82, 2.24) is 0 Å². The predicted octanol–water partition coefficient (Wildman–Crippen LogP) is 3.98. The summed E-state index contributed by atoms with van der Waals surface area (Å²) in [6, 6.07) is 5.21. The fourth-order valence-corrected chi connectivity index (χ4v) is 6.12. The Morgan fingerprint density at radius 3 is 2.27 bits per heavy atom. The Balaban J connectivity index is 1.36. The maximum atomic E-state index is 13.2. The third-order valence-corrected chi connectivity index (χ3v) is 6.89. The standard InChI is InChI=1S/C21H27NO4/c23-18-3-2-16(19-25-4-1-5-26-19)9-17(18)22-20(24)21-10-13-6-14(11-21)8-15(7-13)12-21/h2-3,9,13-15,19,23H,1,4-8,10-12H2,(H,22,24). The van der Waals surface area contributed by atoms with E-state index < -0.39 is 6.29 Å². The van der Waals surface area contributed by atoms with Gasteiger partial charge in [-0.3, -0.25) is 4.79 Å². The Morgan fingerprint density at radius 1 is 1.04 bits per heavy atom. The number of phenolic OH excluding ortho intramolecular Hbond substituents is 1. The van der Waals surface area contributed by atoms with Gasteiger partial charge in [-0.1, -0.05) is 6.07 Å². The highest BCUT2D eigenvalue weighted by molar-refractivity contribution is 5.97. The molecular formula is C21H27NO4. The zero-order valence-electron chi connectivity index (χ0n) is 15.1. The van der Waals surface area contributed by atoms with Gasteiger partial charge in [-0.2, -0.15) is 0 Å². The van der Waals surface area contributed by atoms with Crippen LogP contribution in [0.2, 0.25) is 0 Å². The van der Waals surface area contributed by atoms with Gasteiger partial charge >= 0.3 is 0 Å². The smallest absolute Gasteiger partial charge is 0.230 e. The number of hydrogen-bond donors (Lipinski definition) is 2. The average Bonchev–Trinajstić information content (AvgIpc) is 2.63. The summed E-state index contributed by atoms with van der Waals surface area (Å²) < 4.78 is 11.3. The second-order valence-corrected chi connectivity index (χ2v) is 8.86. The van der Waals surface area contributed by atoms with E-state index in [1.54, 1.807) is 18.2 Å². The average molecular weight is 357 g/mol. The Bertz CT molecular complexity index is 675. The molecule has 4 aliphatic carbocycles. The molecule has 1 aromatic carbocycles. The Kier molecular flexibility index (Phi) is 3.98. The van der Waals surface area contributed by atoms with E-state index in [4.69, 9.17) is 9.47 Å². The zero-order chi connectivity index (χ0) is 17.7. The van der Waals surface area contributed by atoms with Crippen LogP contribution in [0.15, 0.2) is 18.2 Å². The first kappa shape index (κ1) is 16.6. The van der Waals surface area contributed by atoms with Crippen LogP contribution < -0.4 is 5.32 Å². The highest BCUT2D eigenvalue weighted by atomic mass is 16.7. The van der Waals surface area contributed by atoms with Gasteiger partial charge in [-0.05, 0) is 74.8 Å². The van der Waals surface area contributed by atoms with Gasteiger partial charge in [0.2, 0.25) is 5.91 Å². The minimum atomic E-state index is -0.417. The van der Waals surface area contributed by atoms with Crippen molar-refractivity contribution in [2.45, 2.75) is 51.2 Å². The molecule has 0 aromatic heterocycles. The summed E-state index contributed by atoms with van der Waals surface area (Å²) in [7, 11) is 0. The largest absolute Gasteiger partial charge is 0.506 e. The number of anilines is 1. The molecule has 1 amide bonds. The molecule has 26 heavy (non-hydrogen) atoms. The third kappa shape index (κ3) is 2.81. The number of phenols is 1. The lowest BCUT2D eigenvalue weighted by molar-refractivity contribution is -0.183. The summed E-state index contributed by atoms with van der Waals surface area (Å²) in [5.41, 5.74) is 1.08. The number of nitrogens with one attached hydrogen (secondary N) is 1. The molecule has 1 aromatic rings. The summed E-state index contributed by atoms with van der Waals surface area (Å²) >= 11 is 0. The predicted molar refractivity (Wildman–Crippen MR) is 96.6 cm³/mol.